The maximum absolute atomic E-state index is 11.9. The smallest absolute Gasteiger partial charge is 0.276 e. The lowest BCUT2D eigenvalue weighted by Crippen LogP contribution is -2.43. The van der Waals surface area contributed by atoms with Crippen molar-refractivity contribution >= 4 is 50.3 Å². The van der Waals surface area contributed by atoms with Crippen molar-refractivity contribution in [2.75, 3.05) is 6.61 Å². The number of amides is 2. The Kier molecular flexibility index (Phi) is 6.40. The minimum Gasteiger partial charge on any atom is -0.484 e. The van der Waals surface area contributed by atoms with Crippen molar-refractivity contribution < 1.29 is 14.3 Å². The monoisotopic (exact) mass is 488 g/mol. The molecule has 0 saturated heterocycles. The zero-order valence-electron chi connectivity index (χ0n) is 12.2. The van der Waals surface area contributed by atoms with Gasteiger partial charge in [0.05, 0.1) is 0 Å². The van der Waals surface area contributed by atoms with Crippen molar-refractivity contribution in [1.82, 2.24) is 10.9 Å². The number of hydrazine groups is 1. The fourth-order valence-electron chi connectivity index (χ4n) is 1.72. The molecule has 0 unspecified atom stereocenters. The molecule has 0 radical (unpaired) electrons. The molecule has 0 aromatic heterocycles. The quantitative estimate of drug-likeness (QED) is 0.513. The molecule has 120 valence electrons. The zero-order chi connectivity index (χ0) is 16.8. The molecule has 0 spiro atoms. The molecule has 23 heavy (non-hydrogen) atoms. The van der Waals surface area contributed by atoms with Gasteiger partial charge in [-0.2, -0.15) is 0 Å². The van der Waals surface area contributed by atoms with Gasteiger partial charge in [-0.05, 0) is 71.5 Å². The van der Waals surface area contributed by atoms with Crippen LogP contribution in [-0.4, -0.2) is 18.4 Å². The Balaban J connectivity index is 1.81. The fourth-order valence-corrected chi connectivity index (χ4v) is 2.51. The van der Waals surface area contributed by atoms with Gasteiger partial charge in [-0.15, -0.1) is 0 Å². The molecule has 0 bridgehead atoms. The van der Waals surface area contributed by atoms with E-state index in [9.17, 15) is 9.59 Å². The highest BCUT2D eigenvalue weighted by Crippen LogP contribution is 2.21. The molecule has 2 rings (SSSR count). The first-order valence-electron chi connectivity index (χ1n) is 6.69. The Morgan fingerprint density at radius 1 is 1.17 bits per heavy atom. The highest BCUT2D eigenvalue weighted by molar-refractivity contribution is 14.1. The summed E-state index contributed by atoms with van der Waals surface area (Å²) >= 11 is 5.51. The number of ether oxygens (including phenoxy) is 1. The maximum Gasteiger partial charge on any atom is 0.276 e. The van der Waals surface area contributed by atoms with Gasteiger partial charge in [-0.25, -0.2) is 0 Å². The van der Waals surface area contributed by atoms with E-state index in [0.29, 0.717) is 11.3 Å². The SMILES string of the molecule is Cc1cc(OCC(=O)NNC(=O)c2cccc(I)c2)ccc1Br. The Morgan fingerprint density at radius 2 is 1.96 bits per heavy atom. The van der Waals surface area contributed by atoms with E-state index in [-0.39, 0.29) is 12.5 Å². The number of halogens is 2. The van der Waals surface area contributed by atoms with Crippen LogP contribution in [0.25, 0.3) is 0 Å². The Labute approximate surface area is 156 Å². The van der Waals surface area contributed by atoms with Crippen LogP contribution in [0.2, 0.25) is 0 Å². The molecule has 0 aliphatic rings. The van der Waals surface area contributed by atoms with E-state index in [1.807, 2.05) is 25.1 Å². The molecule has 0 aliphatic carbocycles. The van der Waals surface area contributed by atoms with Crippen molar-refractivity contribution in [1.29, 1.82) is 0 Å². The summed E-state index contributed by atoms with van der Waals surface area (Å²) in [4.78, 5) is 23.6. The van der Waals surface area contributed by atoms with Crippen molar-refractivity contribution in [2.24, 2.45) is 0 Å². The maximum atomic E-state index is 11.9. The van der Waals surface area contributed by atoms with Crippen molar-refractivity contribution in [3.63, 3.8) is 0 Å². The van der Waals surface area contributed by atoms with Gasteiger partial charge in [0.1, 0.15) is 5.75 Å². The van der Waals surface area contributed by atoms with Crippen LogP contribution < -0.4 is 15.6 Å². The minimum atomic E-state index is -0.440. The number of aryl methyl sites for hydroxylation is 1. The third-order valence-corrected chi connectivity index (χ3v) is 4.46. The molecule has 0 aliphatic heterocycles. The molecule has 0 heterocycles. The van der Waals surface area contributed by atoms with Crippen LogP contribution in [0.15, 0.2) is 46.9 Å². The fraction of sp³-hybridized carbons (Fsp3) is 0.125. The lowest BCUT2D eigenvalue weighted by Gasteiger charge is -2.10. The standard InChI is InChI=1S/C16H14BrIN2O3/c1-10-7-13(5-6-14(10)17)23-9-15(21)19-20-16(22)11-3-2-4-12(18)8-11/h2-8H,9H2,1H3,(H,19,21)(H,20,22). The average Bonchev–Trinajstić information content (AvgIpc) is 2.53. The normalized spacial score (nSPS) is 10.0. The molecule has 0 saturated carbocycles. The topological polar surface area (TPSA) is 67.4 Å². The predicted molar refractivity (Wildman–Crippen MR) is 99.1 cm³/mol. The second kappa shape index (κ2) is 8.30. The van der Waals surface area contributed by atoms with Crippen LogP contribution in [0.4, 0.5) is 0 Å². The molecule has 2 N–H and O–H groups in total. The summed E-state index contributed by atoms with van der Waals surface area (Å²) in [5.41, 5.74) is 6.16. The molecular weight excluding hydrogens is 475 g/mol. The Bertz CT molecular complexity index is 737. The van der Waals surface area contributed by atoms with Gasteiger partial charge in [-0.3, -0.25) is 20.4 Å². The molecule has 2 aromatic rings. The number of carbonyl (C=O) groups is 2. The van der Waals surface area contributed by atoms with Gasteiger partial charge in [-0.1, -0.05) is 22.0 Å². The highest BCUT2D eigenvalue weighted by Gasteiger charge is 2.08. The molecular formula is C16H14BrIN2O3. The minimum absolute atomic E-state index is 0.187. The zero-order valence-corrected chi connectivity index (χ0v) is 16.0. The third-order valence-electron chi connectivity index (χ3n) is 2.90. The Hall–Kier alpha value is -1.61. The van der Waals surface area contributed by atoms with Gasteiger partial charge in [0, 0.05) is 13.6 Å². The molecule has 7 heteroatoms. The van der Waals surface area contributed by atoms with Crippen LogP contribution in [0.1, 0.15) is 15.9 Å². The van der Waals surface area contributed by atoms with E-state index in [1.54, 1.807) is 24.3 Å². The lowest BCUT2D eigenvalue weighted by molar-refractivity contribution is -0.123. The number of hydrogen-bond donors (Lipinski definition) is 2. The van der Waals surface area contributed by atoms with Gasteiger partial charge in [0.15, 0.2) is 6.61 Å². The predicted octanol–water partition coefficient (Wildman–Crippen LogP) is 3.20. The summed E-state index contributed by atoms with van der Waals surface area (Å²) < 4.78 is 7.29. The summed E-state index contributed by atoms with van der Waals surface area (Å²) in [7, 11) is 0. The first kappa shape index (κ1) is 17.7. The summed E-state index contributed by atoms with van der Waals surface area (Å²) in [6.07, 6.45) is 0. The summed E-state index contributed by atoms with van der Waals surface area (Å²) in [5, 5.41) is 0. The average molecular weight is 489 g/mol. The first-order valence-corrected chi connectivity index (χ1v) is 8.56. The van der Waals surface area contributed by atoms with Crippen LogP contribution in [0.5, 0.6) is 5.75 Å². The van der Waals surface area contributed by atoms with Crippen LogP contribution in [-0.2, 0) is 4.79 Å². The second-order valence-corrected chi connectivity index (χ2v) is 6.81. The van der Waals surface area contributed by atoms with E-state index in [2.05, 4.69) is 49.4 Å². The van der Waals surface area contributed by atoms with E-state index in [0.717, 1.165) is 13.6 Å². The van der Waals surface area contributed by atoms with Crippen LogP contribution in [0.3, 0.4) is 0 Å². The van der Waals surface area contributed by atoms with E-state index < -0.39 is 5.91 Å². The summed E-state index contributed by atoms with van der Waals surface area (Å²) in [6.45, 7) is 1.74. The number of rotatable bonds is 4. The largest absolute Gasteiger partial charge is 0.484 e. The molecule has 0 atom stereocenters. The second-order valence-electron chi connectivity index (χ2n) is 4.71. The van der Waals surface area contributed by atoms with Gasteiger partial charge in [0.2, 0.25) is 0 Å². The number of nitrogens with one attached hydrogen (secondary N) is 2. The molecule has 2 aromatic carbocycles. The number of benzene rings is 2. The summed E-state index contributed by atoms with van der Waals surface area (Å²) in [5.74, 6) is -0.231. The van der Waals surface area contributed by atoms with E-state index in [4.69, 9.17) is 4.74 Å². The van der Waals surface area contributed by atoms with Gasteiger partial charge >= 0.3 is 0 Å². The Morgan fingerprint density at radius 3 is 2.65 bits per heavy atom. The lowest BCUT2D eigenvalue weighted by atomic mass is 10.2. The molecule has 0 fully saturated rings. The third kappa shape index (κ3) is 5.51. The van der Waals surface area contributed by atoms with Crippen LogP contribution >= 0.6 is 38.5 Å². The van der Waals surface area contributed by atoms with Crippen molar-refractivity contribution in [3.8, 4) is 5.75 Å². The van der Waals surface area contributed by atoms with Crippen molar-refractivity contribution in [3.05, 3.63) is 61.6 Å². The van der Waals surface area contributed by atoms with Gasteiger partial charge < -0.3 is 4.74 Å². The molecule has 5 nitrogen and oxygen atoms in total. The van der Waals surface area contributed by atoms with Crippen molar-refractivity contribution in [2.45, 2.75) is 6.92 Å². The van der Waals surface area contributed by atoms with Gasteiger partial charge in [0.25, 0.3) is 11.8 Å². The van der Waals surface area contributed by atoms with E-state index in [1.165, 1.54) is 0 Å². The number of carbonyl (C=O) groups excluding carboxylic acids is 2. The molecule has 2 amide bonds. The highest BCUT2D eigenvalue weighted by atomic mass is 127. The summed E-state index contributed by atoms with van der Waals surface area (Å²) in [6, 6.07) is 12.5. The van der Waals surface area contributed by atoms with Crippen LogP contribution in [0, 0.1) is 10.5 Å². The van der Waals surface area contributed by atoms with E-state index >= 15 is 0 Å². The number of hydrogen-bond acceptors (Lipinski definition) is 3. The first-order chi connectivity index (χ1) is 11.0.